The first-order chi connectivity index (χ1) is 25.7. The summed E-state index contributed by atoms with van der Waals surface area (Å²) < 4.78 is 22.3. The molecule has 0 saturated heterocycles. The van der Waals surface area contributed by atoms with Gasteiger partial charge in [0.2, 0.25) is 23.5 Å². The molecule has 6 aromatic heterocycles. The van der Waals surface area contributed by atoms with E-state index in [-0.39, 0.29) is 12.4 Å². The standard InChI is InChI=1S/2C21H21N3O2.ClH/c2*1-25-20-10-4-7-16(23-20)14-26-21-12-18(15-6-5-11-22-13-15)17-8-2-3-9-19(17)24-21;/h2*4-7,10-13H,2-3,8-9,14H2,1H3;1H. The summed E-state index contributed by atoms with van der Waals surface area (Å²) in [5.74, 6) is 2.43. The predicted octanol–water partition coefficient (Wildman–Crippen LogP) is 8.43. The van der Waals surface area contributed by atoms with Gasteiger partial charge >= 0.3 is 0 Å². The molecule has 0 bridgehead atoms. The van der Waals surface area contributed by atoms with Crippen molar-refractivity contribution in [2.24, 2.45) is 0 Å². The molecule has 8 rings (SSSR count). The monoisotopic (exact) mass is 730 g/mol. The molecule has 0 radical (unpaired) electrons. The lowest BCUT2D eigenvalue weighted by Crippen LogP contribution is -2.09. The third kappa shape index (κ3) is 9.44. The Morgan fingerprint density at radius 1 is 0.509 bits per heavy atom. The van der Waals surface area contributed by atoms with Crippen LogP contribution in [-0.4, -0.2) is 44.1 Å². The number of pyridine rings is 6. The number of hydrogen-bond donors (Lipinski definition) is 0. The van der Waals surface area contributed by atoms with Crippen molar-refractivity contribution in [2.45, 2.75) is 64.6 Å². The maximum absolute atomic E-state index is 5.97. The molecule has 0 saturated carbocycles. The van der Waals surface area contributed by atoms with Crippen molar-refractivity contribution in [3.05, 3.63) is 131 Å². The number of aryl methyl sites for hydroxylation is 2. The molecule has 6 heterocycles. The van der Waals surface area contributed by atoms with Gasteiger partial charge in [0.25, 0.3) is 0 Å². The number of methoxy groups -OCH3 is 2. The Morgan fingerprint density at radius 3 is 1.38 bits per heavy atom. The third-order valence-electron chi connectivity index (χ3n) is 9.22. The Labute approximate surface area is 316 Å². The van der Waals surface area contributed by atoms with Crippen molar-refractivity contribution in [3.8, 4) is 45.8 Å². The molecule has 2 aliphatic carbocycles. The first-order valence-corrected chi connectivity index (χ1v) is 17.8. The lowest BCUT2D eigenvalue weighted by atomic mass is 9.90. The average Bonchev–Trinajstić information content (AvgIpc) is 3.22. The maximum atomic E-state index is 5.97. The van der Waals surface area contributed by atoms with Gasteiger partial charge in [-0.05, 0) is 97.9 Å². The fourth-order valence-electron chi connectivity index (χ4n) is 6.66. The minimum Gasteiger partial charge on any atom is -0.481 e. The number of aromatic nitrogens is 6. The summed E-state index contributed by atoms with van der Waals surface area (Å²) in [5.41, 5.74) is 11.1. The van der Waals surface area contributed by atoms with Crippen LogP contribution in [0.1, 0.15) is 59.6 Å². The van der Waals surface area contributed by atoms with Crippen LogP contribution in [0.3, 0.4) is 0 Å². The highest BCUT2D eigenvalue weighted by Gasteiger charge is 2.20. The van der Waals surface area contributed by atoms with Crippen LogP contribution in [0.5, 0.6) is 23.5 Å². The van der Waals surface area contributed by atoms with Gasteiger partial charge < -0.3 is 18.9 Å². The van der Waals surface area contributed by atoms with Crippen molar-refractivity contribution in [3.63, 3.8) is 0 Å². The van der Waals surface area contributed by atoms with Gasteiger partial charge in [0, 0.05) is 71.6 Å². The van der Waals surface area contributed by atoms with Crippen molar-refractivity contribution in [1.29, 1.82) is 0 Å². The number of hydrogen-bond acceptors (Lipinski definition) is 10. The zero-order valence-electron chi connectivity index (χ0n) is 30.0. The molecule has 0 atom stereocenters. The minimum atomic E-state index is 0. The molecule has 0 N–H and O–H groups in total. The number of halogens is 1. The fourth-order valence-corrected chi connectivity index (χ4v) is 6.66. The quantitative estimate of drug-likeness (QED) is 0.136. The van der Waals surface area contributed by atoms with E-state index in [1.54, 1.807) is 26.6 Å². The molecular formula is C42H43ClN6O4. The molecule has 0 unspecified atom stereocenters. The van der Waals surface area contributed by atoms with Crippen LogP contribution in [0, 0.1) is 0 Å². The van der Waals surface area contributed by atoms with E-state index in [2.05, 4.69) is 32.1 Å². The van der Waals surface area contributed by atoms with Crippen molar-refractivity contribution in [2.75, 3.05) is 14.2 Å². The Morgan fingerprint density at radius 2 is 0.962 bits per heavy atom. The summed E-state index contributed by atoms with van der Waals surface area (Å²) in [4.78, 5) is 26.8. The van der Waals surface area contributed by atoms with Crippen LogP contribution >= 0.6 is 12.4 Å². The molecule has 10 nitrogen and oxygen atoms in total. The number of rotatable bonds is 10. The zero-order chi connectivity index (χ0) is 35.5. The van der Waals surface area contributed by atoms with Crippen LogP contribution in [-0.2, 0) is 38.9 Å². The van der Waals surface area contributed by atoms with Gasteiger partial charge in [-0.3, -0.25) is 9.97 Å². The summed E-state index contributed by atoms with van der Waals surface area (Å²) in [6, 6.07) is 23.5. The first kappa shape index (κ1) is 37.2. The zero-order valence-corrected chi connectivity index (χ0v) is 30.8. The third-order valence-corrected chi connectivity index (χ3v) is 9.22. The maximum Gasteiger partial charge on any atom is 0.214 e. The smallest absolute Gasteiger partial charge is 0.214 e. The van der Waals surface area contributed by atoms with E-state index in [4.69, 9.17) is 28.9 Å². The van der Waals surface area contributed by atoms with Crippen molar-refractivity contribution in [1.82, 2.24) is 29.9 Å². The lowest BCUT2D eigenvalue weighted by Gasteiger charge is -2.20. The van der Waals surface area contributed by atoms with Gasteiger partial charge in [-0.25, -0.2) is 19.9 Å². The second-order valence-corrected chi connectivity index (χ2v) is 12.7. The Balaban J connectivity index is 0.000000178. The van der Waals surface area contributed by atoms with Gasteiger partial charge in [0.1, 0.15) is 13.2 Å². The van der Waals surface area contributed by atoms with Crippen LogP contribution in [0.2, 0.25) is 0 Å². The molecule has 2 aliphatic rings. The van der Waals surface area contributed by atoms with E-state index in [1.807, 2.05) is 73.1 Å². The van der Waals surface area contributed by atoms with E-state index in [1.165, 1.54) is 47.9 Å². The van der Waals surface area contributed by atoms with E-state index < -0.39 is 0 Å². The Hall–Kier alpha value is -5.61. The first-order valence-electron chi connectivity index (χ1n) is 17.8. The van der Waals surface area contributed by atoms with E-state index in [9.17, 15) is 0 Å². The van der Waals surface area contributed by atoms with E-state index >= 15 is 0 Å². The fraction of sp³-hybridized carbons (Fsp3) is 0.286. The highest BCUT2D eigenvalue weighted by atomic mass is 35.5. The second-order valence-electron chi connectivity index (χ2n) is 12.7. The Kier molecular flexibility index (Phi) is 12.8. The predicted molar refractivity (Wildman–Crippen MR) is 206 cm³/mol. The molecule has 0 amide bonds. The second kappa shape index (κ2) is 18.2. The molecular weight excluding hydrogens is 688 g/mol. The van der Waals surface area contributed by atoms with E-state index in [0.717, 1.165) is 59.6 Å². The SMILES string of the molecule is COc1cccc(COc2cc(-c3cccnc3)c3c(n2)CCCC3)n1.COc1cccc(COc2cc(-c3cccnc3)c3c(n2)CCCC3)n1.Cl. The normalized spacial score (nSPS) is 12.9. The molecule has 0 aliphatic heterocycles. The summed E-state index contributed by atoms with van der Waals surface area (Å²) in [5, 5.41) is 0. The Bertz CT molecular complexity index is 1950. The molecule has 6 aromatic rings. The molecule has 272 valence electrons. The van der Waals surface area contributed by atoms with Crippen LogP contribution in [0.4, 0.5) is 0 Å². The highest BCUT2D eigenvalue weighted by Crippen LogP contribution is 2.35. The molecule has 11 heteroatoms. The van der Waals surface area contributed by atoms with Gasteiger partial charge in [-0.15, -0.1) is 12.4 Å². The van der Waals surface area contributed by atoms with Gasteiger partial charge in [-0.2, -0.15) is 0 Å². The molecule has 0 fully saturated rings. The summed E-state index contributed by atoms with van der Waals surface area (Å²) >= 11 is 0. The van der Waals surface area contributed by atoms with Gasteiger partial charge in [-0.1, -0.05) is 24.3 Å². The number of fused-ring (bicyclic) bond motifs is 2. The summed E-state index contributed by atoms with van der Waals surface area (Å²) in [6.07, 6.45) is 16.3. The molecule has 0 spiro atoms. The molecule has 53 heavy (non-hydrogen) atoms. The van der Waals surface area contributed by atoms with Crippen LogP contribution in [0.25, 0.3) is 22.3 Å². The van der Waals surface area contributed by atoms with Crippen molar-refractivity contribution < 1.29 is 18.9 Å². The van der Waals surface area contributed by atoms with Crippen LogP contribution < -0.4 is 18.9 Å². The summed E-state index contributed by atoms with van der Waals surface area (Å²) in [6.45, 7) is 0.713. The van der Waals surface area contributed by atoms with Crippen molar-refractivity contribution >= 4 is 12.4 Å². The van der Waals surface area contributed by atoms with Gasteiger partial charge in [0.15, 0.2) is 0 Å². The van der Waals surface area contributed by atoms with Gasteiger partial charge in [0.05, 0.1) is 25.6 Å². The highest BCUT2D eigenvalue weighted by molar-refractivity contribution is 5.85. The molecule has 0 aromatic carbocycles. The largest absolute Gasteiger partial charge is 0.481 e. The van der Waals surface area contributed by atoms with Crippen LogP contribution in [0.15, 0.2) is 97.6 Å². The average molecular weight is 731 g/mol. The topological polar surface area (TPSA) is 114 Å². The summed E-state index contributed by atoms with van der Waals surface area (Å²) in [7, 11) is 3.22. The minimum absolute atomic E-state index is 0. The number of nitrogens with zero attached hydrogens (tertiary/aromatic N) is 6. The lowest BCUT2D eigenvalue weighted by molar-refractivity contribution is 0.285. The van der Waals surface area contributed by atoms with E-state index in [0.29, 0.717) is 36.7 Å². The number of ether oxygens (including phenoxy) is 4.